The van der Waals surface area contributed by atoms with Gasteiger partial charge in [-0.1, -0.05) is 12.1 Å². The lowest BCUT2D eigenvalue weighted by Gasteiger charge is -2.38. The number of halogens is 1. The third-order valence-corrected chi connectivity index (χ3v) is 7.40. The summed E-state index contributed by atoms with van der Waals surface area (Å²) in [7, 11) is -3.74. The van der Waals surface area contributed by atoms with Crippen LogP contribution in [0.5, 0.6) is 0 Å². The van der Waals surface area contributed by atoms with Crippen molar-refractivity contribution in [1.82, 2.24) is 14.6 Å². The van der Waals surface area contributed by atoms with Crippen LogP contribution >= 0.6 is 0 Å². The Balaban J connectivity index is 1.36. The molecule has 1 N–H and O–H groups in total. The number of nitrogens with one attached hydrogen (secondary N) is 1. The molecule has 4 rings (SSSR count). The van der Waals surface area contributed by atoms with Crippen LogP contribution in [-0.2, 0) is 14.8 Å². The van der Waals surface area contributed by atoms with Crippen molar-refractivity contribution in [2.75, 3.05) is 19.7 Å². The fourth-order valence-corrected chi connectivity index (χ4v) is 5.43. The highest BCUT2D eigenvalue weighted by atomic mass is 32.2. The number of hydrogen-bond donors (Lipinski definition) is 1. The van der Waals surface area contributed by atoms with E-state index in [-0.39, 0.29) is 16.8 Å². The molecule has 0 aliphatic carbocycles. The number of piperidine rings is 1. The summed E-state index contributed by atoms with van der Waals surface area (Å²) in [5.41, 5.74) is -0.0970. The van der Waals surface area contributed by atoms with Gasteiger partial charge in [0.1, 0.15) is 11.5 Å². The van der Waals surface area contributed by atoms with E-state index < -0.39 is 21.4 Å². The molecule has 3 heterocycles. The van der Waals surface area contributed by atoms with Gasteiger partial charge in [-0.25, -0.2) is 12.8 Å². The third kappa shape index (κ3) is 4.17. The summed E-state index contributed by atoms with van der Waals surface area (Å²) >= 11 is 0. The van der Waals surface area contributed by atoms with E-state index in [9.17, 15) is 17.6 Å². The zero-order valence-electron chi connectivity index (χ0n) is 15.8. The Morgan fingerprint density at radius 1 is 1.21 bits per heavy atom. The predicted molar refractivity (Wildman–Crippen MR) is 103 cm³/mol. The second kappa shape index (κ2) is 7.81. The molecule has 154 valence electrons. The summed E-state index contributed by atoms with van der Waals surface area (Å²) in [5, 5.41) is 2.94. The third-order valence-electron chi connectivity index (χ3n) is 5.51. The van der Waals surface area contributed by atoms with Crippen LogP contribution in [0.2, 0.25) is 0 Å². The number of carbonyl (C=O) groups is 1. The van der Waals surface area contributed by atoms with E-state index in [1.165, 1.54) is 22.5 Å². The van der Waals surface area contributed by atoms with Crippen LogP contribution in [0.15, 0.2) is 53.6 Å². The number of sulfonamides is 1. The Morgan fingerprint density at radius 2 is 2.00 bits per heavy atom. The van der Waals surface area contributed by atoms with Crippen molar-refractivity contribution in [3.63, 3.8) is 0 Å². The molecule has 1 amide bonds. The van der Waals surface area contributed by atoms with Crippen LogP contribution < -0.4 is 5.32 Å². The largest absolute Gasteiger partial charge is 0.373 e. The molecule has 0 radical (unpaired) electrons. The van der Waals surface area contributed by atoms with E-state index >= 15 is 0 Å². The summed E-state index contributed by atoms with van der Waals surface area (Å²) in [4.78, 5) is 16.3. The van der Waals surface area contributed by atoms with Gasteiger partial charge in [0.2, 0.25) is 10.0 Å². The molecule has 1 aromatic carbocycles. The Labute approximate surface area is 168 Å². The zero-order valence-corrected chi connectivity index (χ0v) is 16.6. The molecule has 29 heavy (non-hydrogen) atoms. The second-order valence-electron chi connectivity index (χ2n) is 7.44. The van der Waals surface area contributed by atoms with Crippen molar-refractivity contribution in [3.8, 4) is 0 Å². The Hall–Kier alpha value is -2.36. The molecule has 2 fully saturated rings. The fourth-order valence-electron chi connectivity index (χ4n) is 3.95. The monoisotopic (exact) mass is 419 g/mol. The molecule has 2 aliphatic heterocycles. The molecule has 0 saturated carbocycles. The van der Waals surface area contributed by atoms with Gasteiger partial charge in [0.05, 0.1) is 23.1 Å². The van der Waals surface area contributed by atoms with Gasteiger partial charge in [-0.15, -0.1) is 0 Å². The van der Waals surface area contributed by atoms with E-state index in [0.29, 0.717) is 44.7 Å². The lowest BCUT2D eigenvalue weighted by molar-refractivity contribution is -0.0311. The SMILES string of the molecule is O=C(N[C@@H]1COC2(CCN(S(=O)(=O)c3cccc(F)c3)CC2)C1)c1ccccn1. The van der Waals surface area contributed by atoms with Gasteiger partial charge < -0.3 is 10.1 Å². The molecule has 1 atom stereocenters. The number of carbonyl (C=O) groups excluding carboxylic acids is 1. The van der Waals surface area contributed by atoms with Crippen molar-refractivity contribution in [2.24, 2.45) is 0 Å². The van der Waals surface area contributed by atoms with Crippen molar-refractivity contribution in [2.45, 2.75) is 35.8 Å². The molecule has 9 heteroatoms. The number of amides is 1. The first-order valence-corrected chi connectivity index (χ1v) is 10.9. The standard InChI is InChI=1S/C20H22FN3O4S/c21-15-4-3-5-17(12-15)29(26,27)24-10-7-20(8-11-24)13-16(14-28-20)23-19(25)18-6-1-2-9-22-18/h1-6,9,12,16H,7-8,10-11,13-14H2,(H,23,25)/t16-/m0/s1. The summed E-state index contributed by atoms with van der Waals surface area (Å²) in [6.45, 7) is 0.967. The normalized spacial score (nSPS) is 21.9. The molecule has 1 spiro atoms. The van der Waals surface area contributed by atoms with Crippen molar-refractivity contribution >= 4 is 15.9 Å². The Bertz CT molecular complexity index is 992. The molecule has 1 aromatic heterocycles. The minimum Gasteiger partial charge on any atom is -0.373 e. The molecule has 2 saturated heterocycles. The van der Waals surface area contributed by atoms with E-state index in [2.05, 4.69) is 10.3 Å². The van der Waals surface area contributed by atoms with Crippen molar-refractivity contribution in [3.05, 3.63) is 60.2 Å². The minimum absolute atomic E-state index is 0.0405. The number of benzene rings is 1. The first kappa shape index (κ1) is 19.9. The van der Waals surface area contributed by atoms with Crippen LogP contribution in [0.4, 0.5) is 4.39 Å². The summed E-state index contributed by atoms with van der Waals surface area (Å²) in [6, 6.07) is 10.1. The molecule has 0 bridgehead atoms. The smallest absolute Gasteiger partial charge is 0.270 e. The van der Waals surface area contributed by atoms with Gasteiger partial charge in [-0.05, 0) is 49.6 Å². The van der Waals surface area contributed by atoms with Crippen LogP contribution in [0, 0.1) is 5.82 Å². The van der Waals surface area contributed by atoms with Gasteiger partial charge in [-0.3, -0.25) is 9.78 Å². The van der Waals surface area contributed by atoms with E-state index in [4.69, 9.17) is 4.74 Å². The van der Waals surface area contributed by atoms with Crippen LogP contribution in [0.25, 0.3) is 0 Å². The Kier molecular flexibility index (Phi) is 5.37. The van der Waals surface area contributed by atoms with Crippen LogP contribution in [-0.4, -0.2) is 55.0 Å². The van der Waals surface area contributed by atoms with Gasteiger partial charge in [0.15, 0.2) is 0 Å². The fraction of sp³-hybridized carbons (Fsp3) is 0.400. The first-order valence-electron chi connectivity index (χ1n) is 9.50. The Morgan fingerprint density at radius 3 is 2.69 bits per heavy atom. The molecular weight excluding hydrogens is 397 g/mol. The maximum atomic E-state index is 13.4. The maximum Gasteiger partial charge on any atom is 0.270 e. The molecular formula is C20H22FN3O4S. The molecule has 2 aromatic rings. The number of nitrogens with zero attached hydrogens (tertiary/aromatic N) is 2. The molecule has 2 aliphatic rings. The van der Waals surface area contributed by atoms with Gasteiger partial charge in [-0.2, -0.15) is 4.31 Å². The maximum absolute atomic E-state index is 13.4. The lowest BCUT2D eigenvalue weighted by Crippen LogP contribution is -2.47. The quantitative estimate of drug-likeness (QED) is 0.819. The van der Waals surface area contributed by atoms with Crippen LogP contribution in [0.3, 0.4) is 0 Å². The average molecular weight is 419 g/mol. The summed E-state index contributed by atoms with van der Waals surface area (Å²) in [5.74, 6) is -0.826. The summed E-state index contributed by atoms with van der Waals surface area (Å²) < 4.78 is 46.3. The summed E-state index contributed by atoms with van der Waals surface area (Å²) in [6.07, 6.45) is 3.24. The van der Waals surface area contributed by atoms with E-state index in [1.54, 1.807) is 24.4 Å². The van der Waals surface area contributed by atoms with E-state index in [0.717, 1.165) is 6.07 Å². The van der Waals surface area contributed by atoms with Crippen molar-refractivity contribution in [1.29, 1.82) is 0 Å². The first-order chi connectivity index (χ1) is 13.9. The molecule has 7 nitrogen and oxygen atoms in total. The number of aromatic nitrogens is 1. The number of pyridine rings is 1. The predicted octanol–water partition coefficient (Wildman–Crippen LogP) is 1.96. The minimum atomic E-state index is -3.74. The molecule has 0 unspecified atom stereocenters. The van der Waals surface area contributed by atoms with E-state index in [1.807, 2.05) is 0 Å². The zero-order chi connectivity index (χ0) is 20.5. The van der Waals surface area contributed by atoms with Gasteiger partial charge in [0.25, 0.3) is 5.91 Å². The van der Waals surface area contributed by atoms with Crippen LogP contribution in [0.1, 0.15) is 29.8 Å². The van der Waals surface area contributed by atoms with Crippen molar-refractivity contribution < 1.29 is 22.3 Å². The topological polar surface area (TPSA) is 88.6 Å². The van der Waals surface area contributed by atoms with Gasteiger partial charge in [0, 0.05) is 19.3 Å². The number of rotatable bonds is 4. The van der Waals surface area contributed by atoms with Gasteiger partial charge >= 0.3 is 0 Å². The highest BCUT2D eigenvalue weighted by molar-refractivity contribution is 7.89. The highest BCUT2D eigenvalue weighted by Gasteiger charge is 2.45. The highest BCUT2D eigenvalue weighted by Crippen LogP contribution is 2.37. The number of ether oxygens (including phenoxy) is 1. The number of hydrogen-bond acceptors (Lipinski definition) is 5. The lowest BCUT2D eigenvalue weighted by atomic mass is 9.88. The second-order valence-corrected chi connectivity index (χ2v) is 9.38. The average Bonchev–Trinajstić information content (AvgIpc) is 3.11.